The first-order valence-electron chi connectivity index (χ1n) is 7.13. The molecule has 0 bridgehead atoms. The van der Waals surface area contributed by atoms with Crippen LogP contribution in [0.25, 0.3) is 0 Å². The van der Waals surface area contributed by atoms with Crippen molar-refractivity contribution in [2.24, 2.45) is 11.7 Å². The van der Waals surface area contributed by atoms with E-state index in [0.717, 1.165) is 23.4 Å². The summed E-state index contributed by atoms with van der Waals surface area (Å²) in [6.45, 7) is 3.74. The van der Waals surface area contributed by atoms with Gasteiger partial charge in [-0.05, 0) is 41.1 Å². The van der Waals surface area contributed by atoms with Gasteiger partial charge in [-0.15, -0.1) is 0 Å². The molecule has 5 heteroatoms. The quantitative estimate of drug-likeness (QED) is 0.903. The van der Waals surface area contributed by atoms with Crippen molar-refractivity contribution in [3.05, 3.63) is 16.4 Å². The smallest absolute Gasteiger partial charge is 0.0658 e. The van der Waals surface area contributed by atoms with Crippen molar-refractivity contribution < 1.29 is 4.74 Å². The van der Waals surface area contributed by atoms with Crippen LogP contribution in [0, 0.1) is 5.92 Å². The lowest BCUT2D eigenvalue weighted by Crippen LogP contribution is -2.36. The first-order valence-corrected chi connectivity index (χ1v) is 7.92. The molecule has 108 valence electrons. The Morgan fingerprint density at radius 3 is 3.00 bits per heavy atom. The van der Waals surface area contributed by atoms with Crippen molar-refractivity contribution in [3.63, 3.8) is 0 Å². The third kappa shape index (κ3) is 3.38. The van der Waals surface area contributed by atoms with Crippen molar-refractivity contribution in [3.8, 4) is 0 Å². The molecule has 1 saturated carbocycles. The lowest BCUT2D eigenvalue weighted by Gasteiger charge is -2.34. The molecule has 0 spiro atoms. The fraction of sp³-hybridized carbons (Fsp3) is 0.786. The summed E-state index contributed by atoms with van der Waals surface area (Å²) in [5.74, 6) is 1.20. The van der Waals surface area contributed by atoms with Crippen molar-refractivity contribution in [2.45, 2.75) is 51.1 Å². The van der Waals surface area contributed by atoms with Crippen LogP contribution in [0.15, 0.2) is 10.7 Å². The second-order valence-electron chi connectivity index (χ2n) is 5.45. The standard InChI is InChI=1S/C14H24BrN3O/c1-3-10-4-5-13(16)11(8-10)14-12(15)9-17-18(14)6-7-19-2/h9-11,13H,3-8,16H2,1-2H3. The van der Waals surface area contributed by atoms with Gasteiger partial charge in [0.25, 0.3) is 0 Å². The van der Waals surface area contributed by atoms with E-state index in [1.165, 1.54) is 25.0 Å². The van der Waals surface area contributed by atoms with E-state index in [4.69, 9.17) is 10.5 Å². The second kappa shape index (κ2) is 6.86. The molecule has 0 amide bonds. The maximum Gasteiger partial charge on any atom is 0.0658 e. The van der Waals surface area contributed by atoms with Gasteiger partial charge < -0.3 is 10.5 Å². The fourth-order valence-electron chi connectivity index (χ4n) is 3.06. The van der Waals surface area contributed by atoms with E-state index < -0.39 is 0 Å². The molecule has 1 fully saturated rings. The minimum atomic E-state index is 0.247. The number of methoxy groups -OCH3 is 1. The van der Waals surface area contributed by atoms with Crippen LogP contribution in [-0.4, -0.2) is 29.5 Å². The molecule has 1 aromatic heterocycles. The predicted octanol–water partition coefficient (Wildman–Crippen LogP) is 2.91. The van der Waals surface area contributed by atoms with E-state index in [2.05, 4.69) is 32.6 Å². The van der Waals surface area contributed by atoms with Gasteiger partial charge in [-0.3, -0.25) is 4.68 Å². The zero-order chi connectivity index (χ0) is 13.8. The Balaban J connectivity index is 2.20. The van der Waals surface area contributed by atoms with Crippen molar-refractivity contribution in [1.29, 1.82) is 0 Å². The number of aromatic nitrogens is 2. The van der Waals surface area contributed by atoms with Gasteiger partial charge in [0.2, 0.25) is 0 Å². The number of hydrogen-bond donors (Lipinski definition) is 1. The summed E-state index contributed by atoms with van der Waals surface area (Å²) in [5, 5.41) is 4.45. The number of rotatable bonds is 5. The van der Waals surface area contributed by atoms with Gasteiger partial charge in [0.05, 0.1) is 29.5 Å². The Labute approximate surface area is 123 Å². The van der Waals surface area contributed by atoms with Crippen LogP contribution in [-0.2, 0) is 11.3 Å². The molecule has 19 heavy (non-hydrogen) atoms. The molecule has 2 rings (SSSR count). The summed E-state index contributed by atoms with van der Waals surface area (Å²) in [6, 6.07) is 0.247. The normalized spacial score (nSPS) is 27.7. The van der Waals surface area contributed by atoms with E-state index in [1.807, 2.05) is 6.20 Å². The van der Waals surface area contributed by atoms with Crippen molar-refractivity contribution >= 4 is 15.9 Å². The summed E-state index contributed by atoms with van der Waals surface area (Å²) < 4.78 is 8.29. The van der Waals surface area contributed by atoms with Crippen LogP contribution >= 0.6 is 15.9 Å². The number of nitrogens with two attached hydrogens (primary N) is 1. The van der Waals surface area contributed by atoms with Gasteiger partial charge in [0.1, 0.15) is 0 Å². The maximum absolute atomic E-state index is 6.36. The van der Waals surface area contributed by atoms with Gasteiger partial charge in [-0.2, -0.15) is 5.10 Å². The van der Waals surface area contributed by atoms with E-state index >= 15 is 0 Å². The SMILES string of the molecule is CCC1CCC(N)C(c2c(Br)cnn2CCOC)C1. The Bertz CT molecular complexity index is 407. The molecule has 0 saturated heterocycles. The highest BCUT2D eigenvalue weighted by Gasteiger charge is 2.32. The van der Waals surface area contributed by atoms with Crippen LogP contribution in [0.4, 0.5) is 0 Å². The highest BCUT2D eigenvalue weighted by atomic mass is 79.9. The Hall–Kier alpha value is -0.390. The number of halogens is 1. The van der Waals surface area contributed by atoms with Crippen molar-refractivity contribution in [1.82, 2.24) is 9.78 Å². The third-order valence-corrected chi connectivity index (χ3v) is 4.89. The van der Waals surface area contributed by atoms with Crippen LogP contribution in [0.1, 0.15) is 44.2 Å². The Morgan fingerprint density at radius 1 is 1.53 bits per heavy atom. The molecule has 1 aromatic rings. The predicted molar refractivity (Wildman–Crippen MR) is 80.2 cm³/mol. The van der Waals surface area contributed by atoms with Crippen molar-refractivity contribution in [2.75, 3.05) is 13.7 Å². The zero-order valence-corrected chi connectivity index (χ0v) is 13.4. The summed E-state index contributed by atoms with van der Waals surface area (Å²) in [5.41, 5.74) is 7.61. The molecule has 3 atom stereocenters. The number of nitrogens with zero attached hydrogens (tertiary/aromatic N) is 2. The summed E-state index contributed by atoms with van der Waals surface area (Å²) in [7, 11) is 1.72. The summed E-state index contributed by atoms with van der Waals surface area (Å²) >= 11 is 3.63. The first-order chi connectivity index (χ1) is 9.17. The molecule has 0 aliphatic heterocycles. The highest BCUT2D eigenvalue weighted by molar-refractivity contribution is 9.10. The average Bonchev–Trinajstić information content (AvgIpc) is 2.78. The molecule has 4 nitrogen and oxygen atoms in total. The van der Waals surface area contributed by atoms with E-state index in [-0.39, 0.29) is 6.04 Å². The molecule has 0 aromatic carbocycles. The highest BCUT2D eigenvalue weighted by Crippen LogP contribution is 2.39. The van der Waals surface area contributed by atoms with Crippen LogP contribution in [0.2, 0.25) is 0 Å². The van der Waals surface area contributed by atoms with Gasteiger partial charge in [0.15, 0.2) is 0 Å². The van der Waals surface area contributed by atoms with E-state index in [0.29, 0.717) is 12.5 Å². The third-order valence-electron chi connectivity index (χ3n) is 4.28. The Kier molecular flexibility index (Phi) is 5.42. The average molecular weight is 330 g/mol. The molecule has 1 aliphatic rings. The van der Waals surface area contributed by atoms with Gasteiger partial charge in [-0.25, -0.2) is 0 Å². The van der Waals surface area contributed by atoms with E-state index in [1.54, 1.807) is 7.11 Å². The second-order valence-corrected chi connectivity index (χ2v) is 6.31. The summed E-state index contributed by atoms with van der Waals surface area (Å²) in [6.07, 6.45) is 6.68. The minimum absolute atomic E-state index is 0.247. The lowest BCUT2D eigenvalue weighted by molar-refractivity contribution is 0.180. The van der Waals surface area contributed by atoms with Gasteiger partial charge >= 0.3 is 0 Å². The van der Waals surface area contributed by atoms with Gasteiger partial charge in [-0.1, -0.05) is 13.3 Å². The fourth-order valence-corrected chi connectivity index (χ4v) is 3.65. The molecule has 3 unspecified atom stereocenters. The molecular weight excluding hydrogens is 306 g/mol. The van der Waals surface area contributed by atoms with Crippen LogP contribution in [0.3, 0.4) is 0 Å². The zero-order valence-electron chi connectivity index (χ0n) is 11.8. The molecule has 0 radical (unpaired) electrons. The van der Waals surface area contributed by atoms with Crippen LogP contribution in [0.5, 0.6) is 0 Å². The lowest BCUT2D eigenvalue weighted by atomic mass is 9.76. The molecular formula is C14H24BrN3O. The number of ether oxygens (including phenoxy) is 1. The summed E-state index contributed by atoms with van der Waals surface area (Å²) in [4.78, 5) is 0. The first kappa shape index (κ1) is 15.0. The maximum atomic E-state index is 6.36. The Morgan fingerprint density at radius 2 is 2.32 bits per heavy atom. The molecule has 1 aliphatic carbocycles. The largest absolute Gasteiger partial charge is 0.383 e. The minimum Gasteiger partial charge on any atom is -0.383 e. The van der Waals surface area contributed by atoms with Gasteiger partial charge in [0, 0.05) is 19.1 Å². The van der Waals surface area contributed by atoms with E-state index in [9.17, 15) is 0 Å². The molecule has 1 heterocycles. The molecule has 2 N–H and O–H groups in total. The topological polar surface area (TPSA) is 53.1 Å². The monoisotopic (exact) mass is 329 g/mol. The van der Waals surface area contributed by atoms with Crippen LogP contribution < -0.4 is 5.73 Å². The number of hydrogen-bond acceptors (Lipinski definition) is 3.